The number of carbonyl (C=O) groups excluding carboxylic acids is 1. The number of pyridine rings is 1. The summed E-state index contributed by atoms with van der Waals surface area (Å²) in [6.45, 7) is 4.64. The van der Waals surface area contributed by atoms with Gasteiger partial charge in [-0.3, -0.25) is 18.9 Å². The number of ether oxygens (including phenoxy) is 2. The van der Waals surface area contributed by atoms with Crippen molar-refractivity contribution in [3.8, 4) is 11.6 Å². The summed E-state index contributed by atoms with van der Waals surface area (Å²) in [4.78, 5) is 32.6. The number of hydrogen-bond acceptors (Lipinski definition) is 7. The number of thioether (sulfide) groups is 1. The van der Waals surface area contributed by atoms with Crippen LogP contribution < -0.4 is 10.3 Å². The molecule has 1 aliphatic rings. The molecular formula is C23H21N3O4S2. The molecule has 32 heavy (non-hydrogen) atoms. The summed E-state index contributed by atoms with van der Waals surface area (Å²) >= 11 is 6.48. The lowest BCUT2D eigenvalue weighted by Crippen LogP contribution is -2.31. The summed E-state index contributed by atoms with van der Waals surface area (Å²) in [5.74, 6) is 0.428. The maximum Gasteiger partial charge on any atom is 0.269 e. The van der Waals surface area contributed by atoms with Gasteiger partial charge in [-0.25, -0.2) is 0 Å². The van der Waals surface area contributed by atoms with Crippen LogP contribution in [0.25, 0.3) is 11.7 Å². The molecule has 7 nitrogen and oxygen atoms in total. The molecule has 1 saturated heterocycles. The molecule has 0 radical (unpaired) electrons. The molecule has 1 fully saturated rings. The van der Waals surface area contributed by atoms with Crippen molar-refractivity contribution in [3.05, 3.63) is 74.5 Å². The van der Waals surface area contributed by atoms with E-state index in [1.807, 2.05) is 32.0 Å². The van der Waals surface area contributed by atoms with Gasteiger partial charge in [0.1, 0.15) is 21.3 Å². The third-order valence-corrected chi connectivity index (χ3v) is 6.19. The Morgan fingerprint density at radius 2 is 1.91 bits per heavy atom. The zero-order valence-electron chi connectivity index (χ0n) is 17.8. The van der Waals surface area contributed by atoms with E-state index in [0.29, 0.717) is 33.8 Å². The van der Waals surface area contributed by atoms with E-state index in [9.17, 15) is 9.59 Å². The average molecular weight is 468 g/mol. The summed E-state index contributed by atoms with van der Waals surface area (Å²) in [5, 5.41) is 0. The highest BCUT2D eigenvalue weighted by atomic mass is 32.2. The van der Waals surface area contributed by atoms with E-state index >= 15 is 0 Å². The average Bonchev–Trinajstić information content (AvgIpc) is 3.01. The summed E-state index contributed by atoms with van der Waals surface area (Å²) in [6, 6.07) is 11.0. The van der Waals surface area contributed by atoms with Crippen molar-refractivity contribution in [1.82, 2.24) is 14.3 Å². The fourth-order valence-electron chi connectivity index (χ4n) is 3.39. The van der Waals surface area contributed by atoms with Crippen LogP contribution in [0.3, 0.4) is 0 Å². The molecule has 164 valence electrons. The smallest absolute Gasteiger partial charge is 0.269 e. The van der Waals surface area contributed by atoms with Crippen LogP contribution in [0.5, 0.6) is 11.6 Å². The molecule has 3 heterocycles. The van der Waals surface area contributed by atoms with Gasteiger partial charge < -0.3 is 9.47 Å². The molecule has 0 spiro atoms. The van der Waals surface area contributed by atoms with Crippen molar-refractivity contribution in [2.75, 3.05) is 20.3 Å². The van der Waals surface area contributed by atoms with Gasteiger partial charge in [-0.15, -0.1) is 0 Å². The lowest BCUT2D eigenvalue weighted by molar-refractivity contribution is -0.122. The third kappa shape index (κ3) is 4.45. The van der Waals surface area contributed by atoms with E-state index in [-0.39, 0.29) is 22.9 Å². The van der Waals surface area contributed by atoms with E-state index in [4.69, 9.17) is 21.7 Å². The zero-order valence-corrected chi connectivity index (χ0v) is 19.5. The van der Waals surface area contributed by atoms with Gasteiger partial charge in [-0.05, 0) is 55.3 Å². The highest BCUT2D eigenvalue weighted by Crippen LogP contribution is 2.34. The van der Waals surface area contributed by atoms with Crippen molar-refractivity contribution >= 4 is 45.9 Å². The van der Waals surface area contributed by atoms with Gasteiger partial charge in [0.25, 0.3) is 11.5 Å². The standard InChI is InChI=1S/C23H21N3O4S2/c1-14-10-15(2)12-16(11-14)30-20-17(21(27)25-7-5-4-6-19(25)24-20)13-18-22(28)26(8-9-29-3)23(31)32-18/h4-7,10-13H,8-9H2,1-3H3. The molecule has 0 atom stereocenters. The van der Waals surface area contributed by atoms with Crippen molar-refractivity contribution in [3.63, 3.8) is 0 Å². The monoisotopic (exact) mass is 467 g/mol. The first kappa shape index (κ1) is 22.2. The zero-order chi connectivity index (χ0) is 22.8. The van der Waals surface area contributed by atoms with Crippen molar-refractivity contribution < 1.29 is 14.3 Å². The Morgan fingerprint density at radius 3 is 2.62 bits per heavy atom. The molecule has 2 aromatic heterocycles. The largest absolute Gasteiger partial charge is 0.438 e. The Balaban J connectivity index is 1.82. The first-order valence-corrected chi connectivity index (χ1v) is 11.1. The molecule has 0 aliphatic carbocycles. The van der Waals surface area contributed by atoms with Gasteiger partial charge in [0.05, 0.1) is 18.1 Å². The Hall–Kier alpha value is -3.01. The van der Waals surface area contributed by atoms with E-state index < -0.39 is 0 Å². The first-order chi connectivity index (χ1) is 15.4. The molecule has 4 rings (SSSR count). The number of amides is 1. The fraction of sp³-hybridized carbons (Fsp3) is 0.217. The van der Waals surface area contributed by atoms with Crippen LogP contribution in [0.4, 0.5) is 0 Å². The Morgan fingerprint density at radius 1 is 1.16 bits per heavy atom. The number of methoxy groups -OCH3 is 1. The van der Waals surface area contributed by atoms with Gasteiger partial charge in [-0.1, -0.05) is 36.1 Å². The molecule has 0 bridgehead atoms. The first-order valence-electron chi connectivity index (χ1n) is 9.89. The van der Waals surface area contributed by atoms with Crippen LogP contribution in [0.2, 0.25) is 0 Å². The minimum Gasteiger partial charge on any atom is -0.438 e. The molecule has 1 amide bonds. The maximum atomic E-state index is 13.3. The number of aromatic nitrogens is 2. The highest BCUT2D eigenvalue weighted by molar-refractivity contribution is 8.26. The van der Waals surface area contributed by atoms with Crippen molar-refractivity contribution in [1.29, 1.82) is 0 Å². The number of hydrogen-bond donors (Lipinski definition) is 0. The molecule has 1 aliphatic heterocycles. The predicted molar refractivity (Wildman–Crippen MR) is 129 cm³/mol. The lowest BCUT2D eigenvalue weighted by atomic mass is 10.1. The summed E-state index contributed by atoms with van der Waals surface area (Å²) in [7, 11) is 1.56. The number of fused-ring (bicyclic) bond motifs is 1. The van der Waals surface area contributed by atoms with Crippen LogP contribution in [0, 0.1) is 13.8 Å². The summed E-state index contributed by atoms with van der Waals surface area (Å²) in [5.41, 5.74) is 2.34. The SMILES string of the molecule is COCCN1C(=O)C(=Cc2c(Oc3cc(C)cc(C)c3)nc3ccccn3c2=O)SC1=S. The quantitative estimate of drug-likeness (QED) is 0.401. The van der Waals surface area contributed by atoms with Crippen LogP contribution in [0.15, 0.2) is 52.3 Å². The second kappa shape index (κ2) is 9.23. The Bertz CT molecular complexity index is 1300. The Labute approximate surface area is 194 Å². The summed E-state index contributed by atoms with van der Waals surface area (Å²) in [6.07, 6.45) is 3.14. The van der Waals surface area contributed by atoms with Gasteiger partial charge in [0.15, 0.2) is 0 Å². The fourth-order valence-corrected chi connectivity index (χ4v) is 4.68. The van der Waals surface area contributed by atoms with E-state index in [0.717, 1.165) is 22.9 Å². The van der Waals surface area contributed by atoms with Gasteiger partial charge >= 0.3 is 0 Å². The lowest BCUT2D eigenvalue weighted by Gasteiger charge is -2.13. The third-order valence-electron chi connectivity index (χ3n) is 4.81. The van der Waals surface area contributed by atoms with Gasteiger partial charge in [0.2, 0.25) is 5.88 Å². The maximum absolute atomic E-state index is 13.3. The molecule has 9 heteroatoms. The molecular weight excluding hydrogens is 446 g/mol. The van der Waals surface area contributed by atoms with E-state index in [1.165, 1.54) is 15.4 Å². The highest BCUT2D eigenvalue weighted by Gasteiger charge is 2.32. The normalized spacial score (nSPS) is 15.2. The van der Waals surface area contributed by atoms with Gasteiger partial charge in [-0.2, -0.15) is 4.98 Å². The number of rotatable bonds is 6. The van der Waals surface area contributed by atoms with Crippen LogP contribution >= 0.6 is 24.0 Å². The number of aryl methyl sites for hydroxylation is 2. The molecule has 0 saturated carbocycles. The molecule has 0 unspecified atom stereocenters. The van der Waals surface area contributed by atoms with Gasteiger partial charge in [0, 0.05) is 13.3 Å². The molecule has 1 aromatic carbocycles. The van der Waals surface area contributed by atoms with E-state index in [2.05, 4.69) is 4.98 Å². The minimum atomic E-state index is -0.336. The number of benzene rings is 1. The predicted octanol–water partition coefficient (Wildman–Crippen LogP) is 3.95. The molecule has 3 aromatic rings. The second-order valence-electron chi connectivity index (χ2n) is 7.32. The topological polar surface area (TPSA) is 73.1 Å². The van der Waals surface area contributed by atoms with Crippen molar-refractivity contribution in [2.24, 2.45) is 0 Å². The van der Waals surface area contributed by atoms with Crippen molar-refractivity contribution in [2.45, 2.75) is 13.8 Å². The Kier molecular flexibility index (Phi) is 6.40. The van der Waals surface area contributed by atoms with E-state index in [1.54, 1.807) is 31.5 Å². The van der Waals surface area contributed by atoms with Crippen LogP contribution in [-0.2, 0) is 9.53 Å². The number of nitrogens with zero attached hydrogens (tertiary/aromatic N) is 3. The summed E-state index contributed by atoms with van der Waals surface area (Å²) < 4.78 is 13.0. The molecule has 0 N–H and O–H groups in total. The minimum absolute atomic E-state index is 0.133. The second-order valence-corrected chi connectivity index (χ2v) is 8.99. The van der Waals surface area contributed by atoms with Crippen LogP contribution in [-0.4, -0.2) is 44.8 Å². The number of thiocarbonyl (C=S) groups is 1. The number of carbonyl (C=O) groups is 1. The van der Waals surface area contributed by atoms with Crippen LogP contribution in [0.1, 0.15) is 16.7 Å².